The number of fused-ring (bicyclic) bond motifs is 4. The summed E-state index contributed by atoms with van der Waals surface area (Å²) in [6.07, 6.45) is 5.36. The van der Waals surface area contributed by atoms with Crippen molar-refractivity contribution in [1.82, 2.24) is 34.3 Å². The van der Waals surface area contributed by atoms with Crippen molar-refractivity contribution in [3.05, 3.63) is 53.9 Å². The van der Waals surface area contributed by atoms with Gasteiger partial charge in [0.1, 0.15) is 12.4 Å². The molecule has 0 saturated carbocycles. The van der Waals surface area contributed by atoms with E-state index in [4.69, 9.17) is 19.6 Å². The molecule has 11 nitrogen and oxygen atoms in total. The van der Waals surface area contributed by atoms with Gasteiger partial charge in [0.2, 0.25) is 11.8 Å². The lowest BCUT2D eigenvalue weighted by Crippen LogP contribution is -2.30. The van der Waals surface area contributed by atoms with Crippen molar-refractivity contribution in [2.75, 3.05) is 45.7 Å². The predicted octanol–water partition coefficient (Wildman–Crippen LogP) is 2.44. The normalized spacial score (nSPS) is 14.4. The minimum Gasteiger partial charge on any atom is -0.491 e. The molecule has 0 unspecified atom stereocenters. The monoisotopic (exact) mass is 488 g/mol. The van der Waals surface area contributed by atoms with E-state index in [9.17, 15) is 0 Å². The molecule has 4 aromatic heterocycles. The zero-order valence-corrected chi connectivity index (χ0v) is 20.1. The summed E-state index contributed by atoms with van der Waals surface area (Å²) in [4.78, 5) is 11.7. The fourth-order valence-corrected chi connectivity index (χ4v) is 4.67. The SMILES string of the molecule is COCCOc1ccc2c(c1)CCN(CCn1ncc3c1nc(N)n1nc(-c4ccco4)nc31)CC2. The summed E-state index contributed by atoms with van der Waals surface area (Å²) in [6, 6.07) is 10.0. The van der Waals surface area contributed by atoms with E-state index in [0.29, 0.717) is 42.6 Å². The molecule has 0 fully saturated rings. The summed E-state index contributed by atoms with van der Waals surface area (Å²) in [6.45, 7) is 4.67. The van der Waals surface area contributed by atoms with Crippen molar-refractivity contribution >= 4 is 22.6 Å². The average Bonchev–Trinajstić information content (AvgIpc) is 3.62. The van der Waals surface area contributed by atoms with Gasteiger partial charge in [0.25, 0.3) is 0 Å². The van der Waals surface area contributed by atoms with E-state index in [1.54, 1.807) is 25.6 Å². The summed E-state index contributed by atoms with van der Waals surface area (Å²) >= 11 is 0. The molecule has 36 heavy (non-hydrogen) atoms. The van der Waals surface area contributed by atoms with Crippen molar-refractivity contribution in [3.8, 4) is 17.3 Å². The highest BCUT2D eigenvalue weighted by Gasteiger charge is 2.19. The largest absolute Gasteiger partial charge is 0.491 e. The third-order valence-electron chi connectivity index (χ3n) is 6.60. The lowest BCUT2D eigenvalue weighted by Gasteiger charge is -2.19. The molecular weight excluding hydrogens is 460 g/mol. The Morgan fingerprint density at radius 1 is 1.03 bits per heavy atom. The zero-order chi connectivity index (χ0) is 24.5. The smallest absolute Gasteiger partial charge is 0.225 e. The highest BCUT2D eigenvalue weighted by atomic mass is 16.5. The number of benzene rings is 1. The van der Waals surface area contributed by atoms with Crippen LogP contribution in [0.4, 0.5) is 5.95 Å². The van der Waals surface area contributed by atoms with E-state index in [0.717, 1.165) is 43.6 Å². The maximum Gasteiger partial charge on any atom is 0.225 e. The molecule has 0 aliphatic carbocycles. The standard InChI is InChI=1S/C25H28N8O3/c1-34-13-14-35-19-5-4-17-6-8-31(9-7-18(17)15-19)10-11-32-23-20(16-27-32)24-28-22(21-3-2-12-36-21)30-33(24)25(26)29-23/h2-5,12,15-16H,6-11,13-14H2,1H3,(H2,26,29). The second-order valence-electron chi connectivity index (χ2n) is 8.84. The lowest BCUT2D eigenvalue weighted by atomic mass is 10.0. The number of nitrogens with two attached hydrogens (primary N) is 1. The summed E-state index contributed by atoms with van der Waals surface area (Å²) in [5.41, 5.74) is 10.3. The van der Waals surface area contributed by atoms with Gasteiger partial charge in [0.05, 0.1) is 31.0 Å². The van der Waals surface area contributed by atoms with Crippen molar-refractivity contribution < 1.29 is 13.9 Å². The molecule has 5 heterocycles. The van der Waals surface area contributed by atoms with E-state index >= 15 is 0 Å². The molecule has 11 heteroatoms. The predicted molar refractivity (Wildman–Crippen MR) is 134 cm³/mol. The topological polar surface area (TPSA) is 122 Å². The van der Waals surface area contributed by atoms with E-state index in [1.165, 1.54) is 15.6 Å². The van der Waals surface area contributed by atoms with Crippen molar-refractivity contribution in [1.29, 1.82) is 0 Å². The van der Waals surface area contributed by atoms with E-state index in [2.05, 4.69) is 43.3 Å². The van der Waals surface area contributed by atoms with Gasteiger partial charge in [-0.15, -0.1) is 5.10 Å². The van der Waals surface area contributed by atoms with Crippen LogP contribution >= 0.6 is 0 Å². The van der Waals surface area contributed by atoms with Crippen LogP contribution in [0.1, 0.15) is 11.1 Å². The Kier molecular flexibility index (Phi) is 5.99. The first-order chi connectivity index (χ1) is 17.7. The maximum absolute atomic E-state index is 6.23. The van der Waals surface area contributed by atoms with Gasteiger partial charge in [0.15, 0.2) is 17.1 Å². The summed E-state index contributed by atoms with van der Waals surface area (Å²) in [7, 11) is 1.68. The Morgan fingerprint density at radius 3 is 2.75 bits per heavy atom. The van der Waals surface area contributed by atoms with E-state index in [1.807, 2.05) is 10.7 Å². The van der Waals surface area contributed by atoms with Crippen molar-refractivity contribution in [3.63, 3.8) is 0 Å². The van der Waals surface area contributed by atoms with Gasteiger partial charge in [-0.05, 0) is 48.2 Å². The van der Waals surface area contributed by atoms with Crippen LogP contribution in [0.3, 0.4) is 0 Å². The minimum absolute atomic E-state index is 0.262. The van der Waals surface area contributed by atoms with Crippen LogP contribution in [0.25, 0.3) is 28.3 Å². The number of rotatable bonds is 8. The second-order valence-corrected chi connectivity index (χ2v) is 8.84. The first-order valence-electron chi connectivity index (χ1n) is 12.1. The molecule has 5 aromatic rings. The van der Waals surface area contributed by atoms with Crippen LogP contribution in [-0.2, 0) is 24.1 Å². The molecule has 2 N–H and O–H groups in total. The first kappa shape index (κ1) is 22.5. The minimum atomic E-state index is 0.262. The molecule has 0 amide bonds. The highest BCUT2D eigenvalue weighted by molar-refractivity contribution is 5.90. The van der Waals surface area contributed by atoms with Crippen LogP contribution in [-0.4, -0.2) is 74.2 Å². The number of anilines is 1. The number of nitrogen functional groups attached to an aromatic ring is 1. The first-order valence-corrected chi connectivity index (χ1v) is 12.1. The Labute approximate surface area is 207 Å². The summed E-state index contributed by atoms with van der Waals surface area (Å²) < 4.78 is 19.7. The third kappa shape index (κ3) is 4.27. The quantitative estimate of drug-likeness (QED) is 0.328. The Bertz CT molecular complexity index is 1490. The molecule has 186 valence electrons. The van der Waals surface area contributed by atoms with Crippen molar-refractivity contribution in [2.24, 2.45) is 0 Å². The molecule has 1 aliphatic heterocycles. The van der Waals surface area contributed by atoms with Gasteiger partial charge in [-0.3, -0.25) is 0 Å². The third-order valence-corrected chi connectivity index (χ3v) is 6.60. The van der Waals surface area contributed by atoms with E-state index in [-0.39, 0.29) is 5.95 Å². The number of furan rings is 1. The van der Waals surface area contributed by atoms with Gasteiger partial charge in [0, 0.05) is 26.7 Å². The summed E-state index contributed by atoms with van der Waals surface area (Å²) in [5.74, 6) is 2.21. The molecule has 0 spiro atoms. The van der Waals surface area contributed by atoms with Crippen LogP contribution < -0.4 is 10.5 Å². The number of ether oxygens (including phenoxy) is 2. The van der Waals surface area contributed by atoms with Crippen LogP contribution in [0.5, 0.6) is 5.75 Å². The average molecular weight is 489 g/mol. The molecule has 0 saturated heterocycles. The molecule has 6 rings (SSSR count). The van der Waals surface area contributed by atoms with Crippen LogP contribution in [0.15, 0.2) is 47.2 Å². The number of methoxy groups -OCH3 is 1. The van der Waals surface area contributed by atoms with Gasteiger partial charge in [-0.2, -0.15) is 14.6 Å². The molecule has 1 aromatic carbocycles. The number of aromatic nitrogens is 6. The van der Waals surface area contributed by atoms with Crippen molar-refractivity contribution in [2.45, 2.75) is 19.4 Å². The lowest BCUT2D eigenvalue weighted by molar-refractivity contribution is 0.146. The second kappa shape index (κ2) is 9.59. The number of nitrogens with zero attached hydrogens (tertiary/aromatic N) is 7. The number of hydrogen-bond donors (Lipinski definition) is 1. The Morgan fingerprint density at radius 2 is 1.92 bits per heavy atom. The van der Waals surface area contributed by atoms with Gasteiger partial charge >= 0.3 is 0 Å². The van der Waals surface area contributed by atoms with Crippen LogP contribution in [0.2, 0.25) is 0 Å². The van der Waals surface area contributed by atoms with Gasteiger partial charge in [-0.25, -0.2) is 9.67 Å². The Hall–Kier alpha value is -3.96. The summed E-state index contributed by atoms with van der Waals surface area (Å²) in [5, 5.41) is 9.85. The fourth-order valence-electron chi connectivity index (χ4n) is 4.67. The molecular formula is C25H28N8O3. The van der Waals surface area contributed by atoms with Gasteiger partial charge in [-0.1, -0.05) is 6.07 Å². The molecule has 0 bridgehead atoms. The van der Waals surface area contributed by atoms with Crippen LogP contribution in [0, 0.1) is 0 Å². The van der Waals surface area contributed by atoms with Gasteiger partial charge < -0.3 is 24.5 Å². The molecule has 1 aliphatic rings. The molecule has 0 atom stereocenters. The number of hydrogen-bond acceptors (Lipinski definition) is 9. The van der Waals surface area contributed by atoms with E-state index < -0.39 is 0 Å². The Balaban J connectivity index is 1.16. The zero-order valence-electron chi connectivity index (χ0n) is 20.1. The highest BCUT2D eigenvalue weighted by Crippen LogP contribution is 2.24. The fraction of sp³-hybridized carbons (Fsp3) is 0.360. The molecule has 0 radical (unpaired) electrons. The maximum atomic E-state index is 6.23.